The van der Waals surface area contributed by atoms with Crippen LogP contribution in [0, 0.1) is 0 Å². The first-order valence-corrected chi connectivity index (χ1v) is 9.96. The van der Waals surface area contributed by atoms with Gasteiger partial charge in [0.15, 0.2) is 0 Å². The molecule has 0 bridgehead atoms. The van der Waals surface area contributed by atoms with Gasteiger partial charge in [0.2, 0.25) is 0 Å². The van der Waals surface area contributed by atoms with E-state index < -0.39 is 4.31 Å². The molecule has 0 aliphatic carbocycles. The van der Waals surface area contributed by atoms with Crippen molar-refractivity contribution in [2.24, 2.45) is 0 Å². The number of aromatic hydroxyl groups is 1. The van der Waals surface area contributed by atoms with Gasteiger partial charge in [-0.15, -0.1) is 0 Å². The summed E-state index contributed by atoms with van der Waals surface area (Å²) >= 11 is -0.117. The van der Waals surface area contributed by atoms with Gasteiger partial charge in [-0.05, 0) is 0 Å². The van der Waals surface area contributed by atoms with Crippen LogP contribution in [-0.2, 0) is 11.2 Å². The van der Waals surface area contributed by atoms with E-state index in [1.807, 2.05) is 43.1 Å². The molecule has 0 saturated carbocycles. The van der Waals surface area contributed by atoms with Crippen LogP contribution >= 0.6 is 0 Å². The second-order valence-corrected chi connectivity index (χ2v) is 8.98. The molecule has 1 unspecified atom stereocenters. The van der Waals surface area contributed by atoms with Gasteiger partial charge in [0.25, 0.3) is 0 Å². The van der Waals surface area contributed by atoms with Crippen molar-refractivity contribution in [2.75, 3.05) is 18.5 Å². The summed E-state index contributed by atoms with van der Waals surface area (Å²) in [6.07, 6.45) is 0.590. The summed E-state index contributed by atoms with van der Waals surface area (Å²) in [6, 6.07) is 15.5. The molecule has 130 valence electrons. The molecule has 3 rings (SSSR count). The molecule has 0 aromatic heterocycles. The summed E-state index contributed by atoms with van der Waals surface area (Å²) in [5, 5.41) is 12.8. The second-order valence-electron chi connectivity index (χ2n) is 6.10. The van der Waals surface area contributed by atoms with Crippen molar-refractivity contribution in [2.45, 2.75) is 17.7 Å². The van der Waals surface area contributed by atoms with Crippen molar-refractivity contribution >= 4 is 31.0 Å². The Labute approximate surface area is 154 Å². The Morgan fingerprint density at radius 2 is 2.04 bits per heavy atom. The van der Waals surface area contributed by atoms with E-state index in [1.54, 1.807) is 12.1 Å². The molecule has 1 heterocycles. The molecular weight excluding hydrogens is 379 g/mol. The number of amides is 1. The fourth-order valence-electron chi connectivity index (χ4n) is 3.15. The molecule has 2 aromatic rings. The van der Waals surface area contributed by atoms with Crippen LogP contribution in [0.4, 0.5) is 5.69 Å². The number of benzene rings is 2. The summed E-state index contributed by atoms with van der Waals surface area (Å²) < 4.78 is 0.487. The van der Waals surface area contributed by atoms with Gasteiger partial charge < -0.3 is 0 Å². The molecule has 5 heteroatoms. The van der Waals surface area contributed by atoms with Gasteiger partial charge in [0.05, 0.1) is 0 Å². The third-order valence-electron chi connectivity index (χ3n) is 4.48. The predicted octanol–water partition coefficient (Wildman–Crippen LogP) is 2.22. The molecule has 1 amide bonds. The summed E-state index contributed by atoms with van der Waals surface area (Å²) in [5.74, 6) is 0.243. The van der Waals surface area contributed by atoms with Gasteiger partial charge in [0, 0.05) is 0 Å². The second kappa shape index (κ2) is 6.95. The zero-order chi connectivity index (χ0) is 18.0. The van der Waals surface area contributed by atoms with Gasteiger partial charge in [-0.25, -0.2) is 0 Å². The maximum absolute atomic E-state index is 13.1. The van der Waals surface area contributed by atoms with Crippen LogP contribution in [0.15, 0.2) is 60.8 Å². The Hall–Kier alpha value is -2.23. The van der Waals surface area contributed by atoms with E-state index >= 15 is 0 Å². The number of hydrogen-bond acceptors (Lipinski definition) is 3. The number of hydrogen-bond donors (Lipinski definition) is 2. The molecule has 1 aliphatic rings. The molecule has 1 atom stereocenters. The topological polar surface area (TPSA) is 52.6 Å². The summed E-state index contributed by atoms with van der Waals surface area (Å²) in [5.41, 5.74) is 2.74. The van der Waals surface area contributed by atoms with Crippen LogP contribution in [0.2, 0.25) is 4.31 Å². The first kappa shape index (κ1) is 17.6. The zero-order valence-corrected chi connectivity index (χ0v) is 16.2. The number of anilines is 1. The Morgan fingerprint density at radius 3 is 2.72 bits per heavy atom. The van der Waals surface area contributed by atoms with Crippen LogP contribution in [0.5, 0.6) is 5.75 Å². The fourth-order valence-corrected chi connectivity index (χ4v) is 5.96. The van der Waals surface area contributed by atoms with Crippen molar-refractivity contribution in [1.82, 2.24) is 5.32 Å². The van der Waals surface area contributed by atoms with E-state index in [9.17, 15) is 9.90 Å². The van der Waals surface area contributed by atoms with Crippen molar-refractivity contribution in [3.8, 4) is 5.75 Å². The summed E-state index contributed by atoms with van der Waals surface area (Å²) in [6.45, 7) is 6.80. The number of fused-ring (bicyclic) bond motifs is 1. The van der Waals surface area contributed by atoms with Crippen molar-refractivity contribution in [3.63, 3.8) is 0 Å². The molecule has 25 heavy (non-hydrogen) atoms. The van der Waals surface area contributed by atoms with Gasteiger partial charge in [-0.3, -0.25) is 0 Å². The molecule has 0 fully saturated rings. The van der Waals surface area contributed by atoms with Crippen LogP contribution in [0.1, 0.15) is 12.5 Å². The molecule has 4 nitrogen and oxygen atoms in total. The normalized spacial score (nSPS) is 19.4. The molecule has 2 N–H and O–H groups in total. The van der Waals surface area contributed by atoms with E-state index in [1.165, 1.54) is 0 Å². The zero-order valence-electron chi connectivity index (χ0n) is 14.5. The first-order chi connectivity index (χ1) is 12.0. The Morgan fingerprint density at radius 1 is 1.32 bits per heavy atom. The van der Waals surface area contributed by atoms with Gasteiger partial charge in [-0.1, -0.05) is 0 Å². The Balaban J connectivity index is 2.09. The quantitative estimate of drug-likeness (QED) is 0.773. The Bertz CT molecular complexity index is 807. The van der Waals surface area contributed by atoms with Crippen LogP contribution in [0.25, 0.3) is 0 Å². The maximum atomic E-state index is 13.1. The third-order valence-corrected chi connectivity index (χ3v) is 7.46. The number of phenolic OH excluding ortho intramolecular Hbond substituents is 1. The fraction of sp³-hybridized carbons (Fsp3) is 0.250. The molecule has 0 spiro atoms. The molecule has 2 aromatic carbocycles. The number of rotatable bonds is 4. The monoisotopic (exact) mass is 402 g/mol. The number of nitrogens with one attached hydrogen (secondary N) is 1. The summed E-state index contributed by atoms with van der Waals surface area (Å²) in [4.78, 5) is 15.1. The molecule has 1 aliphatic heterocycles. The predicted molar refractivity (Wildman–Crippen MR) is 103 cm³/mol. The Kier molecular flexibility index (Phi) is 4.89. The number of carbonyl (C=O) groups is 1. The minimum absolute atomic E-state index is 0.0226. The van der Waals surface area contributed by atoms with Crippen LogP contribution < -0.4 is 14.7 Å². The van der Waals surface area contributed by atoms with E-state index in [0.717, 1.165) is 21.4 Å². The number of carbonyl (C=O) groups excluding carboxylic acids is 1. The van der Waals surface area contributed by atoms with Gasteiger partial charge in [0.1, 0.15) is 0 Å². The molecular formula is C20H22N2O2Se. The van der Waals surface area contributed by atoms with Crippen molar-refractivity contribution in [1.29, 1.82) is 0 Å². The van der Waals surface area contributed by atoms with E-state index in [4.69, 9.17) is 0 Å². The van der Waals surface area contributed by atoms with Gasteiger partial charge in [-0.2, -0.15) is 0 Å². The minimum atomic E-state index is -0.677. The summed E-state index contributed by atoms with van der Waals surface area (Å²) in [7, 11) is 1.91. The standard InChI is InChI=1S/C20H22N2O2Se/c1-4-21-19(24)20(25-17-8-6-5-7-9-17)13-15-10-11-16(23)12-18(15)22(3)14(20)2/h5-12,23H,2,4,13H2,1,3H3,(H,21,24). The third kappa shape index (κ3) is 3.17. The van der Waals surface area contributed by atoms with Crippen LogP contribution in [0.3, 0.4) is 0 Å². The van der Waals surface area contributed by atoms with Crippen LogP contribution in [-0.4, -0.2) is 39.6 Å². The van der Waals surface area contributed by atoms with Crippen molar-refractivity contribution < 1.29 is 9.90 Å². The SMILES string of the molecule is C=C1N(C)c2cc(O)ccc2CC1([Se]c1ccccc1)C(=O)NCC. The molecule has 0 saturated heterocycles. The van der Waals surface area contributed by atoms with E-state index in [-0.39, 0.29) is 26.6 Å². The number of phenols is 1. The number of nitrogens with zero attached hydrogens (tertiary/aromatic N) is 1. The molecule has 0 radical (unpaired) electrons. The van der Waals surface area contributed by atoms with E-state index in [2.05, 4.69) is 24.0 Å². The van der Waals surface area contributed by atoms with E-state index in [0.29, 0.717) is 13.0 Å². The average molecular weight is 401 g/mol. The van der Waals surface area contributed by atoms with Gasteiger partial charge >= 0.3 is 155 Å². The average Bonchev–Trinajstić information content (AvgIpc) is 2.61. The first-order valence-electron chi connectivity index (χ1n) is 8.25. The van der Waals surface area contributed by atoms with Crippen molar-refractivity contribution in [3.05, 3.63) is 66.4 Å².